The molecule has 0 saturated carbocycles. The van der Waals surface area contributed by atoms with Crippen LogP contribution >= 0.6 is 0 Å². The summed E-state index contributed by atoms with van der Waals surface area (Å²) in [5.74, 6) is -7.18. The highest BCUT2D eigenvalue weighted by Crippen LogP contribution is 2.50. The zero-order valence-corrected chi connectivity index (χ0v) is 21.9. The topological polar surface area (TPSA) is 107 Å². The molecule has 0 amide bonds. The molecule has 0 aliphatic carbocycles. The van der Waals surface area contributed by atoms with Crippen molar-refractivity contribution < 1.29 is 56.7 Å². The lowest BCUT2D eigenvalue weighted by molar-refractivity contribution is -0.247. The lowest BCUT2D eigenvalue weighted by Gasteiger charge is -2.29. The predicted octanol–water partition coefficient (Wildman–Crippen LogP) is 6.35. The minimum absolute atomic E-state index is 0.0850. The van der Waals surface area contributed by atoms with E-state index in [0.29, 0.717) is 17.2 Å². The number of rotatable bonds is 11. The summed E-state index contributed by atoms with van der Waals surface area (Å²) in [5.41, 5.74) is 1.55. The monoisotopic (exact) mass is 600 g/mol. The van der Waals surface area contributed by atoms with Crippen LogP contribution in [0, 0.1) is 0 Å². The van der Waals surface area contributed by atoms with Crippen molar-refractivity contribution in [3.05, 3.63) is 71.8 Å². The SMILES string of the molecule is CCC(C)c1ccc2cc(OCc3ccc(OS(=O)(=O)C(F)(F)C(F)(F)C(F)(F)S(=O)(=O)O)cc3)ccc2c1. The van der Waals surface area contributed by atoms with E-state index >= 15 is 0 Å². The molecule has 15 heteroatoms. The van der Waals surface area contributed by atoms with Crippen LogP contribution in [0.5, 0.6) is 11.5 Å². The highest BCUT2D eigenvalue weighted by Gasteiger charge is 2.83. The van der Waals surface area contributed by atoms with E-state index in [-0.39, 0.29) is 6.61 Å². The average molecular weight is 601 g/mol. The van der Waals surface area contributed by atoms with Crippen molar-refractivity contribution in [2.75, 3.05) is 0 Å². The summed E-state index contributed by atoms with van der Waals surface area (Å²) in [4.78, 5) is 0. The molecule has 3 rings (SSSR count). The molecule has 0 aromatic heterocycles. The molecule has 3 aromatic rings. The van der Waals surface area contributed by atoms with E-state index in [1.165, 1.54) is 5.56 Å². The largest absolute Gasteiger partial charge is 0.489 e. The molecule has 0 aliphatic rings. The normalized spacial score (nSPS) is 14.3. The van der Waals surface area contributed by atoms with Gasteiger partial charge in [-0.2, -0.15) is 43.2 Å². The van der Waals surface area contributed by atoms with Crippen LogP contribution in [0.3, 0.4) is 0 Å². The summed E-state index contributed by atoms with van der Waals surface area (Å²) in [6.07, 6.45) is 0.987. The summed E-state index contributed by atoms with van der Waals surface area (Å²) >= 11 is 0. The maximum Gasteiger partial charge on any atom is 0.450 e. The van der Waals surface area contributed by atoms with Crippen molar-refractivity contribution in [2.45, 2.75) is 49.2 Å². The molecule has 0 radical (unpaired) electrons. The van der Waals surface area contributed by atoms with Crippen molar-refractivity contribution in [2.24, 2.45) is 0 Å². The molecule has 39 heavy (non-hydrogen) atoms. The standard InChI is InChI=1S/C24H22F6O7S2/c1-3-15(2)17-6-7-19-13-21(11-8-18(19)12-17)36-14-16-4-9-20(10-5-16)37-39(34,35)24(29,30)22(25,26)23(27,28)38(31,32)33/h4-13,15H,3,14H2,1-2H3,(H,31,32,33). The zero-order valence-electron chi connectivity index (χ0n) is 20.2. The Labute approximate surface area is 220 Å². The number of fused-ring (bicyclic) bond motifs is 1. The molecular weight excluding hydrogens is 578 g/mol. The first kappa shape index (κ1) is 30.5. The Bertz CT molecular complexity index is 1560. The van der Waals surface area contributed by atoms with Gasteiger partial charge in [0.2, 0.25) is 0 Å². The molecule has 7 nitrogen and oxygen atoms in total. The van der Waals surface area contributed by atoms with Gasteiger partial charge in [-0.25, -0.2) is 0 Å². The van der Waals surface area contributed by atoms with Gasteiger partial charge in [0, 0.05) is 0 Å². The van der Waals surface area contributed by atoms with E-state index in [1.807, 2.05) is 18.2 Å². The van der Waals surface area contributed by atoms with Crippen LogP contribution in [-0.4, -0.2) is 37.8 Å². The van der Waals surface area contributed by atoms with E-state index in [0.717, 1.165) is 41.5 Å². The van der Waals surface area contributed by atoms with Crippen LogP contribution in [0.1, 0.15) is 37.3 Å². The van der Waals surface area contributed by atoms with Gasteiger partial charge in [0.1, 0.15) is 18.1 Å². The van der Waals surface area contributed by atoms with Gasteiger partial charge in [0.25, 0.3) is 0 Å². The van der Waals surface area contributed by atoms with Gasteiger partial charge in [-0.15, -0.1) is 0 Å². The quantitative estimate of drug-likeness (QED) is 0.155. The van der Waals surface area contributed by atoms with E-state index in [2.05, 4.69) is 24.1 Å². The molecular formula is C24H22F6O7S2. The summed E-state index contributed by atoms with van der Waals surface area (Å²) < 4.78 is 144. The first-order valence-electron chi connectivity index (χ1n) is 11.1. The molecule has 0 aliphatic heterocycles. The fourth-order valence-corrected chi connectivity index (χ4v) is 4.78. The molecule has 3 aromatic carbocycles. The molecule has 0 heterocycles. The maximum atomic E-state index is 13.9. The van der Waals surface area contributed by atoms with Crippen molar-refractivity contribution in [3.63, 3.8) is 0 Å². The summed E-state index contributed by atoms with van der Waals surface area (Å²) in [7, 11) is -14.0. The average Bonchev–Trinajstić information content (AvgIpc) is 2.86. The Hall–Kier alpha value is -3.04. The lowest BCUT2D eigenvalue weighted by Crippen LogP contribution is -2.61. The van der Waals surface area contributed by atoms with Crippen LogP contribution in [-0.2, 0) is 26.8 Å². The fourth-order valence-electron chi connectivity index (χ4n) is 3.35. The molecule has 0 spiro atoms. The molecule has 1 N–H and O–H groups in total. The molecule has 0 fully saturated rings. The van der Waals surface area contributed by atoms with Crippen molar-refractivity contribution in [3.8, 4) is 11.5 Å². The third-order valence-corrected chi connectivity index (χ3v) is 8.12. The highest BCUT2D eigenvalue weighted by atomic mass is 32.2. The summed E-state index contributed by atoms with van der Waals surface area (Å²) in [6, 6.07) is 15.2. The van der Waals surface area contributed by atoms with E-state index in [1.54, 1.807) is 12.1 Å². The molecule has 1 atom stereocenters. The van der Waals surface area contributed by atoms with Gasteiger partial charge >= 0.3 is 36.7 Å². The molecule has 0 bridgehead atoms. The fraction of sp³-hybridized carbons (Fsp3) is 0.333. The zero-order chi connectivity index (χ0) is 29.4. The smallest absolute Gasteiger partial charge is 0.450 e. The van der Waals surface area contributed by atoms with Gasteiger partial charge in [0.05, 0.1) is 0 Å². The first-order chi connectivity index (χ1) is 17.8. The lowest BCUT2D eigenvalue weighted by atomic mass is 9.96. The van der Waals surface area contributed by atoms with Crippen molar-refractivity contribution in [1.82, 2.24) is 0 Å². The summed E-state index contributed by atoms with van der Waals surface area (Å²) in [5, 5.41) is -11.7. The molecule has 1 unspecified atom stereocenters. The Morgan fingerprint density at radius 2 is 1.33 bits per heavy atom. The van der Waals surface area contributed by atoms with Gasteiger partial charge < -0.3 is 8.92 Å². The van der Waals surface area contributed by atoms with E-state index in [9.17, 15) is 43.2 Å². The van der Waals surface area contributed by atoms with Gasteiger partial charge in [-0.05, 0) is 58.5 Å². The van der Waals surface area contributed by atoms with Crippen LogP contribution in [0.4, 0.5) is 26.3 Å². The minimum atomic E-state index is -7.13. The minimum Gasteiger partial charge on any atom is -0.489 e. The summed E-state index contributed by atoms with van der Waals surface area (Å²) in [6.45, 7) is 4.12. The van der Waals surface area contributed by atoms with Crippen molar-refractivity contribution >= 4 is 31.0 Å². The van der Waals surface area contributed by atoms with E-state index in [4.69, 9.17) is 9.29 Å². The Kier molecular flexibility index (Phi) is 8.21. The first-order valence-corrected chi connectivity index (χ1v) is 14.0. The van der Waals surface area contributed by atoms with Gasteiger partial charge in [-0.3, -0.25) is 4.55 Å². The third-order valence-electron chi connectivity index (χ3n) is 5.92. The number of halogens is 6. The second-order valence-electron chi connectivity index (χ2n) is 8.63. The second kappa shape index (κ2) is 10.5. The number of benzene rings is 3. The van der Waals surface area contributed by atoms with Crippen LogP contribution in [0.2, 0.25) is 0 Å². The van der Waals surface area contributed by atoms with Gasteiger partial charge in [0.15, 0.2) is 0 Å². The Morgan fingerprint density at radius 3 is 1.90 bits per heavy atom. The van der Waals surface area contributed by atoms with Gasteiger partial charge in [-0.1, -0.05) is 50.2 Å². The van der Waals surface area contributed by atoms with Crippen LogP contribution in [0.25, 0.3) is 10.8 Å². The molecule has 214 valence electrons. The van der Waals surface area contributed by atoms with Crippen molar-refractivity contribution in [1.29, 1.82) is 0 Å². The predicted molar refractivity (Wildman–Crippen MR) is 129 cm³/mol. The third kappa shape index (κ3) is 5.79. The Morgan fingerprint density at radius 1 is 0.795 bits per heavy atom. The highest BCUT2D eigenvalue weighted by molar-refractivity contribution is 7.88. The number of hydrogen-bond acceptors (Lipinski definition) is 6. The second-order valence-corrected chi connectivity index (χ2v) is 11.7. The molecule has 0 saturated heterocycles. The van der Waals surface area contributed by atoms with Crippen LogP contribution in [0.15, 0.2) is 60.7 Å². The number of ether oxygens (including phenoxy) is 1. The van der Waals surface area contributed by atoms with E-state index < -0.39 is 42.4 Å². The number of alkyl halides is 6. The number of hydrogen-bond donors (Lipinski definition) is 1. The van der Waals surface area contributed by atoms with Crippen LogP contribution < -0.4 is 8.92 Å². The maximum absolute atomic E-state index is 13.9. The Balaban J connectivity index is 1.71.